The zero-order valence-corrected chi connectivity index (χ0v) is 19.6. The van der Waals surface area contributed by atoms with Crippen molar-refractivity contribution in [1.82, 2.24) is 4.90 Å². The summed E-state index contributed by atoms with van der Waals surface area (Å²) < 4.78 is 10.8. The van der Waals surface area contributed by atoms with Gasteiger partial charge in [0.2, 0.25) is 0 Å². The number of likely N-dealkylation sites (tertiary alicyclic amines) is 1. The first kappa shape index (κ1) is 23.2. The van der Waals surface area contributed by atoms with Crippen molar-refractivity contribution in [3.05, 3.63) is 64.2 Å². The summed E-state index contributed by atoms with van der Waals surface area (Å²) in [6, 6.07) is 11.4. The third-order valence-corrected chi connectivity index (χ3v) is 6.69. The van der Waals surface area contributed by atoms with Crippen molar-refractivity contribution in [3.8, 4) is 11.5 Å². The van der Waals surface area contributed by atoms with Crippen molar-refractivity contribution in [3.63, 3.8) is 0 Å². The highest BCUT2D eigenvalue weighted by atomic mass is 35.5. The molecule has 4 rings (SSSR count). The fraction of sp³-hybridized carbons (Fsp3) is 0.385. The van der Waals surface area contributed by atoms with E-state index in [2.05, 4.69) is 0 Å². The van der Waals surface area contributed by atoms with Gasteiger partial charge in [0.25, 0.3) is 11.7 Å². The lowest BCUT2D eigenvalue weighted by Gasteiger charge is -2.35. The van der Waals surface area contributed by atoms with Crippen molar-refractivity contribution in [2.24, 2.45) is 0 Å². The van der Waals surface area contributed by atoms with E-state index in [9.17, 15) is 14.7 Å². The number of carbonyl (C=O) groups excluding carboxylic acids is 2. The van der Waals surface area contributed by atoms with Crippen molar-refractivity contribution in [2.45, 2.75) is 51.1 Å². The number of hydrogen-bond donors (Lipinski definition) is 1. The number of ketones is 1. The van der Waals surface area contributed by atoms with Crippen molar-refractivity contribution >= 4 is 29.1 Å². The monoisotopic (exact) mass is 469 g/mol. The van der Waals surface area contributed by atoms with Crippen molar-refractivity contribution in [2.75, 3.05) is 13.7 Å². The Morgan fingerprint density at radius 2 is 1.79 bits per heavy atom. The lowest BCUT2D eigenvalue weighted by atomic mass is 9.91. The van der Waals surface area contributed by atoms with Crippen LogP contribution in [0.2, 0.25) is 5.02 Å². The molecule has 0 radical (unpaired) electrons. The normalized spacial score (nSPS) is 20.8. The molecular weight excluding hydrogens is 442 g/mol. The number of nitrogens with zero attached hydrogens (tertiary/aromatic N) is 1. The van der Waals surface area contributed by atoms with Crippen LogP contribution in [0.25, 0.3) is 5.76 Å². The molecule has 1 N–H and O–H groups in total. The van der Waals surface area contributed by atoms with Gasteiger partial charge in [-0.25, -0.2) is 0 Å². The Kier molecular flexibility index (Phi) is 6.94. The largest absolute Gasteiger partial charge is 0.507 e. The molecule has 1 saturated carbocycles. The van der Waals surface area contributed by atoms with Gasteiger partial charge in [0.05, 0.1) is 30.4 Å². The Morgan fingerprint density at radius 3 is 2.42 bits per heavy atom. The summed E-state index contributed by atoms with van der Waals surface area (Å²) in [6.45, 7) is 2.45. The molecular formula is C26H28ClNO5. The van der Waals surface area contributed by atoms with Crippen LogP contribution in [0.15, 0.2) is 48.0 Å². The van der Waals surface area contributed by atoms with E-state index < -0.39 is 17.7 Å². The molecule has 2 fully saturated rings. The van der Waals surface area contributed by atoms with Crippen molar-refractivity contribution in [1.29, 1.82) is 0 Å². The van der Waals surface area contributed by atoms with Crippen LogP contribution in [0.3, 0.4) is 0 Å². The molecule has 1 atom stereocenters. The molecule has 2 aromatic rings. The fourth-order valence-electron chi connectivity index (χ4n) is 4.79. The third kappa shape index (κ3) is 4.44. The first-order chi connectivity index (χ1) is 16.0. The Labute approximate surface area is 198 Å². The second kappa shape index (κ2) is 9.87. The minimum Gasteiger partial charge on any atom is -0.507 e. The standard InChI is InChI=1S/C26H28ClNO5/c1-3-33-19-12-9-16(10-13-19)23-22(24(29)17-11-14-20(27)21(15-17)32-2)25(30)26(31)28(23)18-7-5-4-6-8-18/h9-15,18,23,29H,3-8H2,1-2H3/b24-22-. The lowest BCUT2D eigenvalue weighted by Crippen LogP contribution is -2.40. The predicted molar refractivity (Wildman–Crippen MR) is 127 cm³/mol. The lowest BCUT2D eigenvalue weighted by molar-refractivity contribution is -0.141. The van der Waals surface area contributed by atoms with E-state index in [1.54, 1.807) is 23.1 Å². The maximum atomic E-state index is 13.3. The van der Waals surface area contributed by atoms with Crippen LogP contribution in [0.1, 0.15) is 56.2 Å². The Balaban J connectivity index is 1.85. The average molecular weight is 470 g/mol. The molecule has 0 aromatic heterocycles. The van der Waals surface area contributed by atoms with E-state index in [0.717, 1.165) is 37.7 Å². The van der Waals surface area contributed by atoms with E-state index in [1.807, 2.05) is 31.2 Å². The number of ether oxygens (including phenoxy) is 2. The summed E-state index contributed by atoms with van der Waals surface area (Å²) in [4.78, 5) is 28.2. The Morgan fingerprint density at radius 1 is 1.09 bits per heavy atom. The molecule has 1 aliphatic heterocycles. The van der Waals surface area contributed by atoms with Crippen LogP contribution in [-0.4, -0.2) is 41.5 Å². The van der Waals surface area contributed by atoms with Crippen LogP contribution in [0.5, 0.6) is 11.5 Å². The van der Waals surface area contributed by atoms with Gasteiger partial charge in [0.1, 0.15) is 17.3 Å². The zero-order valence-electron chi connectivity index (χ0n) is 18.8. The molecule has 0 bridgehead atoms. The highest BCUT2D eigenvalue weighted by Gasteiger charge is 2.48. The molecule has 0 spiro atoms. The molecule has 174 valence electrons. The summed E-state index contributed by atoms with van der Waals surface area (Å²) in [5.41, 5.74) is 1.21. The van der Waals surface area contributed by atoms with Gasteiger partial charge < -0.3 is 19.5 Å². The van der Waals surface area contributed by atoms with Crippen LogP contribution in [0, 0.1) is 0 Å². The molecule has 1 aliphatic carbocycles. The average Bonchev–Trinajstić information content (AvgIpc) is 3.10. The van der Waals surface area contributed by atoms with Gasteiger partial charge in [-0.2, -0.15) is 0 Å². The van der Waals surface area contributed by atoms with Crippen LogP contribution in [0.4, 0.5) is 0 Å². The fourth-order valence-corrected chi connectivity index (χ4v) is 4.98. The highest BCUT2D eigenvalue weighted by molar-refractivity contribution is 6.46. The number of Topliss-reactive ketones (excluding diaryl/α,β-unsaturated/α-hetero) is 1. The van der Waals surface area contributed by atoms with Gasteiger partial charge in [0, 0.05) is 11.6 Å². The van der Waals surface area contributed by atoms with Gasteiger partial charge in [-0.3, -0.25) is 9.59 Å². The van der Waals surface area contributed by atoms with Gasteiger partial charge >= 0.3 is 0 Å². The first-order valence-electron chi connectivity index (χ1n) is 11.3. The van der Waals surface area contributed by atoms with Gasteiger partial charge in [-0.1, -0.05) is 43.0 Å². The SMILES string of the molecule is CCOc1ccc(C2/C(=C(/O)c3ccc(Cl)c(OC)c3)C(=O)C(=O)N2C2CCCCC2)cc1. The summed E-state index contributed by atoms with van der Waals surface area (Å²) in [5, 5.41) is 11.7. The zero-order chi connectivity index (χ0) is 23.5. The highest BCUT2D eigenvalue weighted by Crippen LogP contribution is 2.43. The molecule has 7 heteroatoms. The number of hydrogen-bond acceptors (Lipinski definition) is 5. The minimum absolute atomic E-state index is 0.0446. The maximum Gasteiger partial charge on any atom is 0.295 e. The number of carbonyl (C=O) groups is 2. The first-order valence-corrected chi connectivity index (χ1v) is 11.7. The molecule has 2 aliphatic rings. The summed E-state index contributed by atoms with van der Waals surface area (Å²) in [5.74, 6) is -0.396. The van der Waals surface area contributed by atoms with Crippen LogP contribution >= 0.6 is 11.6 Å². The van der Waals surface area contributed by atoms with E-state index in [-0.39, 0.29) is 17.4 Å². The maximum absolute atomic E-state index is 13.3. The van der Waals surface area contributed by atoms with Gasteiger partial charge in [-0.05, 0) is 55.7 Å². The second-order valence-corrected chi connectivity index (χ2v) is 8.76. The molecule has 2 aromatic carbocycles. The summed E-state index contributed by atoms with van der Waals surface area (Å²) in [7, 11) is 1.48. The summed E-state index contributed by atoms with van der Waals surface area (Å²) >= 11 is 6.14. The number of benzene rings is 2. The molecule has 1 unspecified atom stereocenters. The van der Waals surface area contributed by atoms with Gasteiger partial charge in [0.15, 0.2) is 0 Å². The predicted octanol–water partition coefficient (Wildman–Crippen LogP) is 5.50. The number of aliphatic hydroxyl groups excluding tert-OH is 1. The van der Waals surface area contributed by atoms with Crippen LogP contribution < -0.4 is 9.47 Å². The molecule has 33 heavy (non-hydrogen) atoms. The number of halogens is 1. The number of amides is 1. The number of aliphatic hydroxyl groups is 1. The molecule has 1 amide bonds. The molecule has 6 nitrogen and oxygen atoms in total. The second-order valence-electron chi connectivity index (χ2n) is 8.35. The minimum atomic E-state index is -0.676. The van der Waals surface area contributed by atoms with E-state index in [0.29, 0.717) is 28.7 Å². The van der Waals surface area contributed by atoms with E-state index in [4.69, 9.17) is 21.1 Å². The van der Waals surface area contributed by atoms with Crippen LogP contribution in [-0.2, 0) is 9.59 Å². The number of rotatable bonds is 6. The third-order valence-electron chi connectivity index (χ3n) is 6.38. The quantitative estimate of drug-likeness (QED) is 0.343. The summed E-state index contributed by atoms with van der Waals surface area (Å²) in [6.07, 6.45) is 4.83. The molecule has 1 saturated heterocycles. The number of methoxy groups -OCH3 is 1. The van der Waals surface area contributed by atoms with Crippen molar-refractivity contribution < 1.29 is 24.2 Å². The van der Waals surface area contributed by atoms with E-state index in [1.165, 1.54) is 7.11 Å². The Hall–Kier alpha value is -2.99. The van der Waals surface area contributed by atoms with E-state index >= 15 is 0 Å². The smallest absolute Gasteiger partial charge is 0.295 e. The van der Waals surface area contributed by atoms with Gasteiger partial charge in [-0.15, -0.1) is 0 Å². The molecule has 1 heterocycles. The topological polar surface area (TPSA) is 76.1 Å². The Bertz CT molecular complexity index is 1070.